The molecule has 2 aliphatic carbocycles. The molecule has 1 saturated heterocycles. The number of carbonyl (C=O) groups is 6. The first-order chi connectivity index (χ1) is 29.3. The third kappa shape index (κ3) is 11.6. The summed E-state index contributed by atoms with van der Waals surface area (Å²) in [6.45, 7) is 12.6. The first-order valence-corrected chi connectivity index (χ1v) is 22.5. The van der Waals surface area contributed by atoms with Crippen molar-refractivity contribution in [3.05, 3.63) is 46.7 Å². The molecule has 2 saturated carbocycles. The molecule has 4 aliphatic rings. The highest BCUT2D eigenvalue weighted by molar-refractivity contribution is 6.38. The summed E-state index contributed by atoms with van der Waals surface area (Å²) in [5.41, 5.74) is -0.688. The molecule has 0 radical (unpaired) electrons. The zero-order chi connectivity index (χ0) is 45.0. The van der Waals surface area contributed by atoms with Crippen LogP contribution in [0.4, 0.5) is 0 Å². The van der Waals surface area contributed by atoms with Crippen molar-refractivity contribution in [3.63, 3.8) is 0 Å². The zero-order valence-corrected chi connectivity index (χ0v) is 37.9. The van der Waals surface area contributed by atoms with E-state index in [1.165, 1.54) is 9.58 Å². The minimum absolute atomic E-state index is 0.0241. The molecule has 3 N–H and O–H groups in total. The molecule has 3 heterocycles. The Hall–Kier alpha value is -4.86. The standard InChI is InChI=1S/C45H63ClN8O8/c1-8-13-33(36(55)40(58)47-30-18-19-30)48-39(57)35-23-45(22-34(51-62-45)28-16-12-17-29(46)20-28)25-54(35)41(59)37(43(2,3)4)49-38(56)32(27-14-10-9-11-15-27)21-31-24-53(52-50-31)26-61-42(60)44(5,6)7/h12,16-17,20,24,27,30,32-33,35,37H,8-11,13-15,18-19,21-23,25-26H2,1-7H3,(H,47,58)(H,48,57)(H,49,56)/t32-,33-,35-,37+,45+/m0/s1. The normalized spacial score (nSPS) is 22.0. The average Bonchev–Trinajstić information content (AvgIpc) is 3.58. The number of Topliss-reactive ketones (excluding diaryl/α,β-unsaturated/α-hetero) is 1. The third-order valence-electron chi connectivity index (χ3n) is 12.2. The maximum atomic E-state index is 15.1. The summed E-state index contributed by atoms with van der Waals surface area (Å²) >= 11 is 6.31. The third-order valence-corrected chi connectivity index (χ3v) is 12.5. The number of esters is 1. The van der Waals surface area contributed by atoms with Gasteiger partial charge in [-0.15, -0.1) is 5.10 Å². The topological polar surface area (TPSA) is 203 Å². The van der Waals surface area contributed by atoms with Gasteiger partial charge in [-0.1, -0.05) is 87.5 Å². The van der Waals surface area contributed by atoms with Gasteiger partial charge in [0.15, 0.2) is 12.3 Å². The number of nitrogens with one attached hydrogen (secondary N) is 3. The fourth-order valence-electron chi connectivity index (χ4n) is 8.56. The fraction of sp³-hybridized carbons (Fsp3) is 0.667. The molecular weight excluding hydrogens is 816 g/mol. The lowest BCUT2D eigenvalue weighted by atomic mass is 9.77. The Morgan fingerprint density at radius 2 is 1.73 bits per heavy atom. The predicted molar refractivity (Wildman–Crippen MR) is 230 cm³/mol. The first kappa shape index (κ1) is 46.6. The zero-order valence-electron chi connectivity index (χ0n) is 37.1. The Morgan fingerprint density at radius 1 is 1.00 bits per heavy atom. The number of benzene rings is 1. The summed E-state index contributed by atoms with van der Waals surface area (Å²) in [4.78, 5) is 90.5. The number of likely N-dealkylation sites (tertiary alicyclic amines) is 1. The number of hydrogen-bond donors (Lipinski definition) is 3. The van der Waals surface area contributed by atoms with Gasteiger partial charge in [0.2, 0.25) is 23.5 Å². The van der Waals surface area contributed by atoms with Gasteiger partial charge in [-0.3, -0.25) is 28.8 Å². The number of aromatic nitrogens is 3. The Balaban J connectivity index is 1.25. The van der Waals surface area contributed by atoms with Gasteiger partial charge in [0.1, 0.15) is 12.1 Å². The van der Waals surface area contributed by atoms with Crippen LogP contribution in [0.1, 0.15) is 130 Å². The Bertz CT molecular complexity index is 2030. The average molecular weight is 879 g/mol. The first-order valence-electron chi connectivity index (χ1n) is 22.1. The van der Waals surface area contributed by atoms with Gasteiger partial charge in [-0.25, -0.2) is 4.68 Å². The van der Waals surface area contributed by atoms with E-state index in [0.29, 0.717) is 22.8 Å². The second-order valence-electron chi connectivity index (χ2n) is 19.7. The molecule has 3 fully saturated rings. The Morgan fingerprint density at radius 3 is 2.37 bits per heavy atom. The van der Waals surface area contributed by atoms with Crippen molar-refractivity contribution in [2.45, 2.75) is 162 Å². The lowest BCUT2D eigenvalue weighted by molar-refractivity contribution is -0.157. The molecule has 1 spiro atoms. The highest BCUT2D eigenvalue weighted by Gasteiger charge is 2.56. The van der Waals surface area contributed by atoms with E-state index in [-0.39, 0.29) is 62.8 Å². The number of hydrogen-bond acceptors (Lipinski definition) is 11. The van der Waals surface area contributed by atoms with E-state index < -0.39 is 64.0 Å². The molecule has 1 aromatic carbocycles. The Kier molecular flexibility index (Phi) is 14.5. The molecule has 16 nitrogen and oxygen atoms in total. The van der Waals surface area contributed by atoms with Crippen molar-refractivity contribution < 1.29 is 38.3 Å². The number of ether oxygens (including phenoxy) is 1. The quantitative estimate of drug-likeness (QED) is 0.151. The van der Waals surface area contributed by atoms with Crippen LogP contribution in [0.3, 0.4) is 0 Å². The fourth-order valence-corrected chi connectivity index (χ4v) is 8.75. The number of carbonyl (C=O) groups excluding carboxylic acids is 6. The van der Waals surface area contributed by atoms with E-state index in [2.05, 4.69) is 31.4 Å². The van der Waals surface area contributed by atoms with E-state index in [4.69, 9.17) is 21.2 Å². The Labute approximate surface area is 369 Å². The van der Waals surface area contributed by atoms with Crippen LogP contribution in [0.15, 0.2) is 35.6 Å². The molecule has 0 bridgehead atoms. The SMILES string of the molecule is CCC[C@H](NC(=O)[C@@H]1C[C@]2(CC(c3cccc(Cl)c3)=NO2)CN1C(=O)[C@@H](NC(=O)[C@@H](Cc1cn(COC(=O)C(C)(C)C)nn1)C1CCCCC1)C(C)(C)C)C(=O)C(=O)NC1CC1. The molecular formula is C45H63ClN8O8. The summed E-state index contributed by atoms with van der Waals surface area (Å²) in [7, 11) is 0. The van der Waals surface area contributed by atoms with E-state index in [1.54, 1.807) is 45.2 Å². The number of nitrogens with zero attached hydrogens (tertiary/aromatic N) is 5. The van der Waals surface area contributed by atoms with Crippen molar-refractivity contribution in [2.75, 3.05) is 6.54 Å². The van der Waals surface area contributed by atoms with Crippen molar-refractivity contribution in [2.24, 2.45) is 27.8 Å². The van der Waals surface area contributed by atoms with Crippen molar-refractivity contribution in [1.82, 2.24) is 35.8 Å². The molecule has 4 amide bonds. The lowest BCUT2D eigenvalue weighted by Gasteiger charge is -2.37. The van der Waals surface area contributed by atoms with Crippen LogP contribution in [-0.2, 0) is 51.5 Å². The van der Waals surface area contributed by atoms with Crippen molar-refractivity contribution >= 4 is 52.7 Å². The van der Waals surface area contributed by atoms with E-state index in [0.717, 1.165) is 50.5 Å². The van der Waals surface area contributed by atoms with Gasteiger partial charge in [-0.05, 0) is 76.3 Å². The predicted octanol–water partition coefficient (Wildman–Crippen LogP) is 5.05. The van der Waals surface area contributed by atoms with Crippen LogP contribution < -0.4 is 16.0 Å². The summed E-state index contributed by atoms with van der Waals surface area (Å²) in [6.07, 6.45) is 9.29. The van der Waals surface area contributed by atoms with Gasteiger partial charge >= 0.3 is 5.97 Å². The van der Waals surface area contributed by atoms with Crippen LogP contribution in [-0.4, -0.2) is 97.3 Å². The molecule has 17 heteroatoms. The summed E-state index contributed by atoms with van der Waals surface area (Å²) < 4.78 is 6.85. The highest BCUT2D eigenvalue weighted by atomic mass is 35.5. The molecule has 338 valence electrons. The van der Waals surface area contributed by atoms with E-state index in [9.17, 15) is 24.0 Å². The maximum Gasteiger partial charge on any atom is 0.313 e. The van der Waals surface area contributed by atoms with Crippen LogP contribution >= 0.6 is 11.6 Å². The molecule has 6 rings (SSSR count). The highest BCUT2D eigenvalue weighted by Crippen LogP contribution is 2.41. The summed E-state index contributed by atoms with van der Waals surface area (Å²) in [5.74, 6) is -3.78. The van der Waals surface area contributed by atoms with Crippen LogP contribution in [0.25, 0.3) is 0 Å². The van der Waals surface area contributed by atoms with Crippen LogP contribution in [0.5, 0.6) is 0 Å². The van der Waals surface area contributed by atoms with E-state index >= 15 is 4.79 Å². The minimum Gasteiger partial charge on any atom is -0.442 e. The van der Waals surface area contributed by atoms with Gasteiger partial charge in [0, 0.05) is 41.8 Å². The smallest absolute Gasteiger partial charge is 0.313 e. The molecule has 2 aromatic rings. The minimum atomic E-state index is -1.12. The van der Waals surface area contributed by atoms with Gasteiger partial charge < -0.3 is 30.4 Å². The summed E-state index contributed by atoms with van der Waals surface area (Å²) in [5, 5.41) is 22.1. The second-order valence-corrected chi connectivity index (χ2v) is 20.2. The number of ketones is 1. The van der Waals surface area contributed by atoms with E-state index in [1.807, 2.05) is 33.8 Å². The molecule has 62 heavy (non-hydrogen) atoms. The number of oxime groups is 1. The monoisotopic (exact) mass is 878 g/mol. The maximum absolute atomic E-state index is 15.1. The van der Waals surface area contributed by atoms with Crippen LogP contribution in [0.2, 0.25) is 5.02 Å². The van der Waals surface area contributed by atoms with Gasteiger partial charge in [-0.2, -0.15) is 0 Å². The number of halogens is 1. The van der Waals surface area contributed by atoms with Crippen LogP contribution in [0, 0.1) is 22.7 Å². The molecule has 2 aliphatic heterocycles. The van der Waals surface area contributed by atoms with Gasteiger partial charge in [0.25, 0.3) is 5.91 Å². The largest absolute Gasteiger partial charge is 0.442 e. The second kappa shape index (κ2) is 19.3. The van der Waals surface area contributed by atoms with Gasteiger partial charge in [0.05, 0.1) is 35.6 Å². The molecule has 5 atom stereocenters. The van der Waals surface area contributed by atoms with Crippen molar-refractivity contribution in [1.29, 1.82) is 0 Å². The number of amides is 4. The molecule has 1 aromatic heterocycles. The van der Waals surface area contributed by atoms with Crippen molar-refractivity contribution in [3.8, 4) is 0 Å². The lowest BCUT2D eigenvalue weighted by Crippen LogP contribution is -2.60. The summed E-state index contributed by atoms with van der Waals surface area (Å²) in [6, 6.07) is 3.86. The number of rotatable bonds is 16. The molecule has 0 unspecified atom stereocenters.